The highest BCUT2D eigenvalue weighted by Gasteiger charge is 1.90. The molecule has 1 unspecified atom stereocenters. The highest BCUT2D eigenvalue weighted by Crippen LogP contribution is 1.98. The van der Waals surface area contributed by atoms with Gasteiger partial charge in [-0.15, -0.1) is 5.73 Å². The molecule has 0 spiro atoms. The second-order valence-electron chi connectivity index (χ2n) is 1.93. The first-order valence-electron chi connectivity index (χ1n) is 2.87. The Morgan fingerprint density at radius 3 is 2.88 bits per heavy atom. The molecule has 0 aromatic rings. The second-order valence-corrected chi connectivity index (χ2v) is 1.93. The van der Waals surface area contributed by atoms with Gasteiger partial charge in [0, 0.05) is 0 Å². The maximum atomic E-state index is 5.29. The quantitative estimate of drug-likeness (QED) is 0.546. The highest BCUT2D eigenvalue weighted by atomic mass is 14.5. The minimum atomic E-state index is 0.539. The first-order valence-corrected chi connectivity index (χ1v) is 2.87. The van der Waals surface area contributed by atoms with E-state index in [0.29, 0.717) is 5.92 Å². The summed E-state index contributed by atoms with van der Waals surface area (Å²) in [6.45, 7) is 6.31. The predicted molar refractivity (Wildman–Crippen MR) is 36.5 cm³/mol. The van der Waals surface area contributed by atoms with Crippen molar-refractivity contribution >= 4 is 0 Å². The van der Waals surface area contributed by atoms with Crippen LogP contribution in [0.4, 0.5) is 0 Å². The van der Waals surface area contributed by atoms with Gasteiger partial charge < -0.3 is 5.73 Å². The van der Waals surface area contributed by atoms with Crippen LogP contribution in [-0.4, -0.2) is 6.54 Å². The molecule has 0 aliphatic carbocycles. The fourth-order valence-electron chi connectivity index (χ4n) is 0.547. The molecule has 8 heavy (non-hydrogen) atoms. The Bertz CT molecular complexity index is 90.6. The molecule has 0 heterocycles. The Labute approximate surface area is 50.9 Å². The summed E-state index contributed by atoms with van der Waals surface area (Å²) in [6.07, 6.45) is 2.97. The molecule has 0 saturated carbocycles. The van der Waals surface area contributed by atoms with Crippen LogP contribution in [0.2, 0.25) is 0 Å². The molecular formula is C7H13N. The molecule has 1 nitrogen and oxygen atoms in total. The Balaban J connectivity index is 3.31. The van der Waals surface area contributed by atoms with Gasteiger partial charge in [-0.2, -0.15) is 0 Å². The van der Waals surface area contributed by atoms with Crippen LogP contribution in [0.5, 0.6) is 0 Å². The van der Waals surface area contributed by atoms with E-state index in [1.54, 1.807) is 0 Å². The van der Waals surface area contributed by atoms with Crippen molar-refractivity contribution in [1.82, 2.24) is 0 Å². The number of hydrogen-bond acceptors (Lipinski definition) is 1. The third kappa shape index (κ3) is 3.66. The molecule has 0 bridgehead atoms. The van der Waals surface area contributed by atoms with Gasteiger partial charge in [-0.25, -0.2) is 0 Å². The molecule has 0 rings (SSSR count). The molecule has 0 aromatic heterocycles. The van der Waals surface area contributed by atoms with Crippen molar-refractivity contribution in [2.24, 2.45) is 11.7 Å². The van der Waals surface area contributed by atoms with E-state index < -0.39 is 0 Å². The normalized spacial score (nSPS) is 12.2. The molecular weight excluding hydrogens is 98.1 g/mol. The van der Waals surface area contributed by atoms with Crippen molar-refractivity contribution < 1.29 is 0 Å². The van der Waals surface area contributed by atoms with Gasteiger partial charge in [-0.1, -0.05) is 13.5 Å². The number of nitrogens with two attached hydrogens (primary N) is 1. The van der Waals surface area contributed by atoms with Crippen molar-refractivity contribution in [2.75, 3.05) is 6.54 Å². The maximum absolute atomic E-state index is 5.29. The van der Waals surface area contributed by atoms with E-state index in [1.807, 2.05) is 6.08 Å². The fraction of sp³-hybridized carbons (Fsp3) is 0.571. The van der Waals surface area contributed by atoms with Gasteiger partial charge in [0.25, 0.3) is 0 Å². The topological polar surface area (TPSA) is 26.0 Å². The standard InChI is InChI=1S/C7H13N/c1-3-4-7(2)5-6-8/h4,7H,1,5-6,8H2,2H3. The Kier molecular flexibility index (Phi) is 4.33. The van der Waals surface area contributed by atoms with E-state index in [4.69, 9.17) is 5.73 Å². The molecule has 2 N–H and O–H groups in total. The summed E-state index contributed by atoms with van der Waals surface area (Å²) in [5, 5.41) is 0. The minimum Gasteiger partial charge on any atom is -0.330 e. The Hall–Kier alpha value is -0.520. The van der Waals surface area contributed by atoms with Crippen LogP contribution in [0.1, 0.15) is 13.3 Å². The van der Waals surface area contributed by atoms with Gasteiger partial charge in [0.05, 0.1) is 0 Å². The largest absolute Gasteiger partial charge is 0.330 e. The van der Waals surface area contributed by atoms with Crippen molar-refractivity contribution in [3.05, 3.63) is 18.4 Å². The van der Waals surface area contributed by atoms with E-state index in [2.05, 4.69) is 19.2 Å². The molecule has 0 saturated heterocycles. The van der Waals surface area contributed by atoms with E-state index in [-0.39, 0.29) is 0 Å². The van der Waals surface area contributed by atoms with E-state index in [9.17, 15) is 0 Å². The third-order valence-corrected chi connectivity index (χ3v) is 1.02. The minimum absolute atomic E-state index is 0.539. The summed E-state index contributed by atoms with van der Waals surface area (Å²) >= 11 is 0. The van der Waals surface area contributed by atoms with Crippen molar-refractivity contribution in [3.8, 4) is 0 Å². The second kappa shape index (κ2) is 4.63. The van der Waals surface area contributed by atoms with Crippen molar-refractivity contribution in [2.45, 2.75) is 13.3 Å². The summed E-state index contributed by atoms with van der Waals surface area (Å²) < 4.78 is 0. The van der Waals surface area contributed by atoms with Crippen molar-refractivity contribution in [1.29, 1.82) is 0 Å². The smallest absolute Gasteiger partial charge is 0.00715 e. The van der Waals surface area contributed by atoms with E-state index in [1.165, 1.54) is 0 Å². The molecule has 1 atom stereocenters. The van der Waals surface area contributed by atoms with Gasteiger partial charge in [0.1, 0.15) is 0 Å². The lowest BCUT2D eigenvalue weighted by Crippen LogP contribution is -2.02. The molecule has 0 fully saturated rings. The third-order valence-electron chi connectivity index (χ3n) is 1.02. The fourth-order valence-corrected chi connectivity index (χ4v) is 0.547. The average molecular weight is 111 g/mol. The molecule has 0 aromatic carbocycles. The zero-order valence-electron chi connectivity index (χ0n) is 5.35. The summed E-state index contributed by atoms with van der Waals surface area (Å²) in [7, 11) is 0. The van der Waals surface area contributed by atoms with Gasteiger partial charge >= 0.3 is 0 Å². The van der Waals surface area contributed by atoms with Crippen LogP contribution < -0.4 is 5.73 Å². The number of hydrogen-bond donors (Lipinski definition) is 1. The summed E-state index contributed by atoms with van der Waals surface area (Å²) in [5.74, 6) is 0.539. The van der Waals surface area contributed by atoms with Gasteiger partial charge in [0.15, 0.2) is 0 Å². The Morgan fingerprint density at radius 1 is 1.88 bits per heavy atom. The average Bonchev–Trinajstić information content (AvgIpc) is 1.68. The van der Waals surface area contributed by atoms with Crippen LogP contribution >= 0.6 is 0 Å². The van der Waals surface area contributed by atoms with Crippen LogP contribution in [0, 0.1) is 5.92 Å². The summed E-state index contributed by atoms with van der Waals surface area (Å²) in [5.41, 5.74) is 8.01. The van der Waals surface area contributed by atoms with Crippen LogP contribution in [0.25, 0.3) is 0 Å². The molecule has 1 heteroatoms. The monoisotopic (exact) mass is 111 g/mol. The molecule has 0 aliphatic heterocycles. The number of rotatable bonds is 3. The lowest BCUT2D eigenvalue weighted by atomic mass is 10.1. The van der Waals surface area contributed by atoms with Gasteiger partial charge in [-0.3, -0.25) is 0 Å². The SMILES string of the molecule is C=C=CC(C)CCN. The first kappa shape index (κ1) is 7.48. The van der Waals surface area contributed by atoms with Crippen molar-refractivity contribution in [3.63, 3.8) is 0 Å². The molecule has 0 aliphatic rings. The summed E-state index contributed by atoms with van der Waals surface area (Å²) in [4.78, 5) is 0. The molecule has 0 amide bonds. The lowest BCUT2D eigenvalue weighted by Gasteiger charge is -1.98. The zero-order chi connectivity index (χ0) is 6.41. The van der Waals surface area contributed by atoms with Crippen LogP contribution in [0.3, 0.4) is 0 Å². The van der Waals surface area contributed by atoms with Gasteiger partial charge in [-0.05, 0) is 25.0 Å². The predicted octanol–water partition coefficient (Wildman–Crippen LogP) is 1.31. The van der Waals surface area contributed by atoms with Crippen LogP contribution in [0.15, 0.2) is 18.4 Å². The summed E-state index contributed by atoms with van der Waals surface area (Å²) in [6, 6.07) is 0. The lowest BCUT2D eigenvalue weighted by molar-refractivity contribution is 0.659. The maximum Gasteiger partial charge on any atom is -0.00715 e. The van der Waals surface area contributed by atoms with E-state index >= 15 is 0 Å². The first-order chi connectivity index (χ1) is 3.81. The molecule has 46 valence electrons. The van der Waals surface area contributed by atoms with Crippen LogP contribution in [-0.2, 0) is 0 Å². The zero-order valence-corrected chi connectivity index (χ0v) is 5.35. The number of allylic oxidation sites excluding steroid dienone is 1. The van der Waals surface area contributed by atoms with Gasteiger partial charge in [0.2, 0.25) is 0 Å². The molecule has 0 radical (unpaired) electrons. The Morgan fingerprint density at radius 2 is 2.50 bits per heavy atom. The highest BCUT2D eigenvalue weighted by molar-refractivity contribution is 4.81. The van der Waals surface area contributed by atoms with E-state index in [0.717, 1.165) is 13.0 Å².